The van der Waals surface area contributed by atoms with Crippen molar-refractivity contribution in [1.82, 2.24) is 0 Å². The molecule has 0 bridgehead atoms. The lowest BCUT2D eigenvalue weighted by molar-refractivity contribution is -0.384. The van der Waals surface area contributed by atoms with Crippen LogP contribution in [0.1, 0.15) is 6.92 Å². The predicted molar refractivity (Wildman–Crippen MR) is 89.8 cm³/mol. The minimum absolute atomic E-state index is 0.160. The SMILES string of the molecule is C[C@H](C(=O)Nc1ccc(Cl)cc1)S(=O)(=O)c1ccc([N+](=O)[O-])cc1. The maximum Gasteiger partial charge on any atom is 0.269 e. The smallest absolute Gasteiger partial charge is 0.269 e. The van der Waals surface area contributed by atoms with Crippen molar-refractivity contribution in [2.45, 2.75) is 17.1 Å². The van der Waals surface area contributed by atoms with Gasteiger partial charge in [-0.3, -0.25) is 14.9 Å². The van der Waals surface area contributed by atoms with Gasteiger partial charge in [-0.25, -0.2) is 8.42 Å². The Morgan fingerprint density at radius 2 is 1.67 bits per heavy atom. The summed E-state index contributed by atoms with van der Waals surface area (Å²) in [5, 5.41) is 12.2. The molecule has 9 heteroatoms. The number of amides is 1. The van der Waals surface area contributed by atoms with Gasteiger partial charge in [0.2, 0.25) is 5.91 Å². The van der Waals surface area contributed by atoms with E-state index in [1.54, 1.807) is 24.3 Å². The molecule has 0 unspecified atom stereocenters. The first-order valence-corrected chi connectivity index (χ1v) is 8.69. The van der Waals surface area contributed by atoms with Crippen LogP contribution in [0.3, 0.4) is 0 Å². The summed E-state index contributed by atoms with van der Waals surface area (Å²) in [6.07, 6.45) is 0. The summed E-state index contributed by atoms with van der Waals surface area (Å²) in [5.74, 6) is -0.712. The normalized spacial score (nSPS) is 12.4. The second kappa shape index (κ2) is 6.98. The number of sulfone groups is 1. The van der Waals surface area contributed by atoms with Crippen LogP contribution >= 0.6 is 11.6 Å². The largest absolute Gasteiger partial charge is 0.325 e. The zero-order valence-corrected chi connectivity index (χ0v) is 14.0. The highest BCUT2D eigenvalue weighted by atomic mass is 35.5. The molecule has 1 N–H and O–H groups in total. The Hall–Kier alpha value is -2.45. The third-order valence-electron chi connectivity index (χ3n) is 3.32. The number of nitro benzene ring substituents is 1. The van der Waals surface area contributed by atoms with E-state index in [0.717, 1.165) is 24.3 Å². The van der Waals surface area contributed by atoms with Gasteiger partial charge in [-0.1, -0.05) is 11.6 Å². The summed E-state index contributed by atoms with van der Waals surface area (Å²) in [5.41, 5.74) is 0.183. The molecule has 24 heavy (non-hydrogen) atoms. The van der Waals surface area contributed by atoms with Gasteiger partial charge >= 0.3 is 0 Å². The molecule has 0 radical (unpaired) electrons. The van der Waals surface area contributed by atoms with Crippen molar-refractivity contribution in [2.75, 3.05) is 5.32 Å². The lowest BCUT2D eigenvalue weighted by Gasteiger charge is -2.13. The average Bonchev–Trinajstić information content (AvgIpc) is 2.56. The van der Waals surface area contributed by atoms with Crippen molar-refractivity contribution in [3.05, 3.63) is 63.7 Å². The Morgan fingerprint density at radius 1 is 1.12 bits per heavy atom. The van der Waals surface area contributed by atoms with Crippen LogP contribution in [0.4, 0.5) is 11.4 Å². The van der Waals surface area contributed by atoms with Crippen LogP contribution in [0.15, 0.2) is 53.4 Å². The van der Waals surface area contributed by atoms with Crippen LogP contribution in [0, 0.1) is 10.1 Å². The number of carbonyl (C=O) groups excluding carboxylic acids is 1. The molecule has 0 saturated carbocycles. The summed E-state index contributed by atoms with van der Waals surface area (Å²) in [6.45, 7) is 1.25. The van der Waals surface area contributed by atoms with Crippen LogP contribution in [0.25, 0.3) is 0 Å². The predicted octanol–water partition coefficient (Wildman–Crippen LogP) is 3.05. The van der Waals surface area contributed by atoms with E-state index in [-0.39, 0.29) is 10.6 Å². The maximum absolute atomic E-state index is 12.4. The Balaban J connectivity index is 2.19. The van der Waals surface area contributed by atoms with Gasteiger partial charge in [0.25, 0.3) is 5.69 Å². The summed E-state index contributed by atoms with van der Waals surface area (Å²) >= 11 is 5.74. The minimum Gasteiger partial charge on any atom is -0.325 e. The number of rotatable bonds is 5. The molecule has 0 aliphatic rings. The second-order valence-electron chi connectivity index (χ2n) is 4.93. The number of carbonyl (C=O) groups is 1. The van der Waals surface area contributed by atoms with E-state index >= 15 is 0 Å². The van der Waals surface area contributed by atoms with E-state index < -0.39 is 25.9 Å². The molecule has 1 atom stereocenters. The van der Waals surface area contributed by atoms with Gasteiger partial charge in [0.1, 0.15) is 5.25 Å². The van der Waals surface area contributed by atoms with Gasteiger partial charge in [0.15, 0.2) is 9.84 Å². The molecular weight excluding hydrogens is 356 g/mol. The first-order valence-electron chi connectivity index (χ1n) is 6.76. The number of nitro groups is 1. The number of nitrogens with one attached hydrogen (secondary N) is 1. The number of nitrogens with zero attached hydrogens (tertiary/aromatic N) is 1. The second-order valence-corrected chi connectivity index (χ2v) is 7.64. The Bertz CT molecular complexity index is 864. The molecule has 2 rings (SSSR count). The maximum atomic E-state index is 12.4. The zero-order chi connectivity index (χ0) is 17.9. The summed E-state index contributed by atoms with van der Waals surface area (Å²) in [6, 6.07) is 10.6. The van der Waals surface area contributed by atoms with Crippen molar-refractivity contribution in [1.29, 1.82) is 0 Å². The Kier molecular flexibility index (Phi) is 5.20. The Labute approximate surface area is 143 Å². The average molecular weight is 369 g/mol. The van der Waals surface area contributed by atoms with E-state index in [1.807, 2.05) is 0 Å². The monoisotopic (exact) mass is 368 g/mol. The quantitative estimate of drug-likeness (QED) is 0.644. The molecule has 126 valence electrons. The van der Waals surface area contributed by atoms with E-state index in [0.29, 0.717) is 10.7 Å². The van der Waals surface area contributed by atoms with Crippen LogP contribution in [-0.4, -0.2) is 24.5 Å². The first kappa shape index (κ1) is 17.9. The highest BCUT2D eigenvalue weighted by Crippen LogP contribution is 2.21. The number of benzene rings is 2. The van der Waals surface area contributed by atoms with Gasteiger partial charge in [0.05, 0.1) is 9.82 Å². The molecule has 0 aliphatic heterocycles. The molecular formula is C15H13ClN2O5S. The molecule has 0 aliphatic carbocycles. The van der Waals surface area contributed by atoms with Gasteiger partial charge in [-0.2, -0.15) is 0 Å². The zero-order valence-electron chi connectivity index (χ0n) is 12.5. The number of non-ortho nitro benzene ring substituents is 1. The Morgan fingerprint density at radius 3 is 2.17 bits per heavy atom. The minimum atomic E-state index is -3.97. The van der Waals surface area contributed by atoms with Crippen LogP contribution in [-0.2, 0) is 14.6 Å². The van der Waals surface area contributed by atoms with Crippen molar-refractivity contribution in [3.63, 3.8) is 0 Å². The van der Waals surface area contributed by atoms with Crippen molar-refractivity contribution >= 4 is 38.7 Å². The third kappa shape index (κ3) is 3.90. The van der Waals surface area contributed by atoms with E-state index in [2.05, 4.69) is 5.32 Å². The van der Waals surface area contributed by atoms with Crippen LogP contribution < -0.4 is 5.32 Å². The van der Waals surface area contributed by atoms with Crippen molar-refractivity contribution < 1.29 is 18.1 Å². The summed E-state index contributed by atoms with van der Waals surface area (Å²) in [7, 11) is -3.97. The highest BCUT2D eigenvalue weighted by Gasteiger charge is 2.30. The highest BCUT2D eigenvalue weighted by molar-refractivity contribution is 7.92. The molecule has 7 nitrogen and oxygen atoms in total. The lowest BCUT2D eigenvalue weighted by atomic mass is 10.3. The standard InChI is InChI=1S/C15H13ClN2O5S/c1-10(15(19)17-12-4-2-11(16)3-5-12)24(22,23)14-8-6-13(7-9-14)18(20)21/h2-10H,1H3,(H,17,19)/t10-/m1/s1. The molecule has 0 saturated heterocycles. The number of halogens is 1. The molecule has 0 spiro atoms. The summed E-state index contributed by atoms with van der Waals surface area (Å²) < 4.78 is 24.9. The van der Waals surface area contributed by atoms with Crippen molar-refractivity contribution in [2.24, 2.45) is 0 Å². The molecule has 2 aromatic carbocycles. The molecule has 0 aromatic heterocycles. The number of hydrogen-bond acceptors (Lipinski definition) is 5. The number of hydrogen-bond donors (Lipinski definition) is 1. The fourth-order valence-corrected chi connectivity index (χ4v) is 3.27. The summed E-state index contributed by atoms with van der Waals surface area (Å²) in [4.78, 5) is 22.0. The third-order valence-corrected chi connectivity index (χ3v) is 5.65. The van der Waals surface area contributed by atoms with E-state index in [1.165, 1.54) is 6.92 Å². The van der Waals surface area contributed by atoms with Crippen LogP contribution in [0.2, 0.25) is 5.02 Å². The topological polar surface area (TPSA) is 106 Å². The van der Waals surface area contributed by atoms with E-state index in [9.17, 15) is 23.3 Å². The molecule has 0 heterocycles. The fourth-order valence-electron chi connectivity index (χ4n) is 1.88. The van der Waals surface area contributed by atoms with Gasteiger partial charge in [0, 0.05) is 22.8 Å². The number of anilines is 1. The first-order chi connectivity index (χ1) is 11.2. The van der Waals surface area contributed by atoms with Gasteiger partial charge < -0.3 is 5.32 Å². The molecule has 0 fully saturated rings. The fraction of sp³-hybridized carbons (Fsp3) is 0.133. The van der Waals surface area contributed by atoms with Gasteiger partial charge in [-0.05, 0) is 43.3 Å². The van der Waals surface area contributed by atoms with Crippen molar-refractivity contribution in [3.8, 4) is 0 Å². The molecule has 1 amide bonds. The van der Waals surface area contributed by atoms with Gasteiger partial charge in [-0.15, -0.1) is 0 Å². The van der Waals surface area contributed by atoms with Crippen LogP contribution in [0.5, 0.6) is 0 Å². The lowest BCUT2D eigenvalue weighted by Crippen LogP contribution is -2.32. The molecule has 2 aromatic rings. The van der Waals surface area contributed by atoms with E-state index in [4.69, 9.17) is 11.6 Å².